The van der Waals surface area contributed by atoms with Crippen molar-refractivity contribution < 1.29 is 14.6 Å². The molecule has 1 amide bonds. The first-order chi connectivity index (χ1) is 8.87. The summed E-state index contributed by atoms with van der Waals surface area (Å²) in [7, 11) is 0. The number of aliphatic hydroxyl groups is 1. The topological polar surface area (TPSA) is 75.8 Å². The van der Waals surface area contributed by atoms with Gasteiger partial charge in [-0.25, -0.2) is 0 Å². The molecule has 0 unspecified atom stereocenters. The molecule has 5 heteroatoms. The molecule has 2 aliphatic heterocycles. The lowest BCUT2D eigenvalue weighted by Gasteiger charge is -2.37. The van der Waals surface area contributed by atoms with Crippen molar-refractivity contribution in [2.45, 2.75) is 44.8 Å². The van der Waals surface area contributed by atoms with Crippen molar-refractivity contribution in [1.29, 1.82) is 0 Å². The van der Waals surface area contributed by atoms with Crippen LogP contribution in [0.1, 0.15) is 33.1 Å². The second kappa shape index (κ2) is 5.77. The molecule has 5 nitrogen and oxygen atoms in total. The lowest BCUT2D eigenvalue weighted by Crippen LogP contribution is -2.46. The SMILES string of the molecule is CC(C)(O)CN1CCC([C@H]2OCC[C@@H]2C(N)=O)CC1. The van der Waals surface area contributed by atoms with E-state index < -0.39 is 5.60 Å². The van der Waals surface area contributed by atoms with Gasteiger partial charge >= 0.3 is 0 Å². The molecule has 2 saturated heterocycles. The van der Waals surface area contributed by atoms with Gasteiger partial charge in [0, 0.05) is 13.2 Å². The molecule has 0 bridgehead atoms. The summed E-state index contributed by atoms with van der Waals surface area (Å²) in [6, 6.07) is 0. The number of likely N-dealkylation sites (tertiary alicyclic amines) is 1. The molecule has 2 heterocycles. The van der Waals surface area contributed by atoms with Gasteiger partial charge in [0.05, 0.1) is 17.6 Å². The van der Waals surface area contributed by atoms with Crippen molar-refractivity contribution in [2.24, 2.45) is 17.6 Å². The number of primary amides is 1. The Kier molecular flexibility index (Phi) is 4.48. The Morgan fingerprint density at radius 2 is 2.00 bits per heavy atom. The summed E-state index contributed by atoms with van der Waals surface area (Å²) < 4.78 is 5.73. The molecule has 110 valence electrons. The van der Waals surface area contributed by atoms with Gasteiger partial charge in [-0.3, -0.25) is 4.79 Å². The number of carbonyl (C=O) groups is 1. The molecular formula is C14H26N2O3. The predicted molar refractivity (Wildman–Crippen MR) is 72.5 cm³/mol. The molecular weight excluding hydrogens is 244 g/mol. The van der Waals surface area contributed by atoms with E-state index in [2.05, 4.69) is 4.90 Å². The number of β-amino-alcohol motifs (C(OH)–C–C–N with tert-alkyl or cyclic N) is 1. The fourth-order valence-corrected chi connectivity index (χ4v) is 3.37. The van der Waals surface area contributed by atoms with Crippen LogP contribution in [0.25, 0.3) is 0 Å². The highest BCUT2D eigenvalue weighted by Gasteiger charge is 2.39. The molecule has 2 rings (SSSR count). The molecule has 3 N–H and O–H groups in total. The molecule has 2 fully saturated rings. The Labute approximate surface area is 115 Å². The van der Waals surface area contributed by atoms with Gasteiger partial charge in [0.1, 0.15) is 0 Å². The summed E-state index contributed by atoms with van der Waals surface area (Å²) in [5, 5.41) is 9.83. The van der Waals surface area contributed by atoms with Crippen LogP contribution < -0.4 is 5.73 Å². The number of nitrogens with two attached hydrogens (primary N) is 1. The van der Waals surface area contributed by atoms with Gasteiger partial charge in [-0.05, 0) is 52.1 Å². The standard InChI is InChI=1S/C14H26N2O3/c1-14(2,18)9-16-6-3-10(4-7-16)12-11(13(15)17)5-8-19-12/h10-12,18H,3-9H2,1-2H3,(H2,15,17)/t11-,12+/m0/s1. The lowest BCUT2D eigenvalue weighted by atomic mass is 9.83. The summed E-state index contributed by atoms with van der Waals surface area (Å²) >= 11 is 0. The summed E-state index contributed by atoms with van der Waals surface area (Å²) in [5.74, 6) is 0.102. The maximum atomic E-state index is 11.4. The Morgan fingerprint density at radius 3 is 2.53 bits per heavy atom. The van der Waals surface area contributed by atoms with Gasteiger partial charge < -0.3 is 20.5 Å². The normalized spacial score (nSPS) is 30.7. The van der Waals surface area contributed by atoms with Gasteiger partial charge in [0.15, 0.2) is 0 Å². The van der Waals surface area contributed by atoms with Crippen LogP contribution in [0.15, 0.2) is 0 Å². The minimum atomic E-state index is -0.646. The second-order valence-electron chi connectivity index (χ2n) is 6.56. The molecule has 19 heavy (non-hydrogen) atoms. The van der Waals surface area contributed by atoms with Crippen molar-refractivity contribution in [1.82, 2.24) is 4.90 Å². The van der Waals surface area contributed by atoms with E-state index in [-0.39, 0.29) is 17.9 Å². The zero-order valence-corrected chi connectivity index (χ0v) is 12.0. The van der Waals surface area contributed by atoms with Crippen LogP contribution in [-0.2, 0) is 9.53 Å². The molecule has 0 aromatic rings. The fourth-order valence-electron chi connectivity index (χ4n) is 3.37. The Morgan fingerprint density at radius 1 is 1.37 bits per heavy atom. The van der Waals surface area contributed by atoms with E-state index >= 15 is 0 Å². The van der Waals surface area contributed by atoms with Crippen molar-refractivity contribution in [2.75, 3.05) is 26.2 Å². The zero-order chi connectivity index (χ0) is 14.0. The van der Waals surface area contributed by atoms with Gasteiger partial charge in [0.25, 0.3) is 0 Å². The van der Waals surface area contributed by atoms with E-state index in [1.807, 2.05) is 13.8 Å². The predicted octanol–water partition coefficient (Wildman–Crippen LogP) is 0.360. The van der Waals surface area contributed by atoms with E-state index in [1.165, 1.54) is 0 Å². The molecule has 2 aliphatic rings. The highest BCUT2D eigenvalue weighted by molar-refractivity contribution is 5.77. The van der Waals surface area contributed by atoms with Crippen LogP contribution in [0.5, 0.6) is 0 Å². The minimum Gasteiger partial charge on any atom is -0.389 e. The second-order valence-corrected chi connectivity index (χ2v) is 6.56. The van der Waals surface area contributed by atoms with Crippen LogP contribution in [-0.4, -0.2) is 53.9 Å². The van der Waals surface area contributed by atoms with E-state index in [1.54, 1.807) is 0 Å². The third-order valence-corrected chi connectivity index (χ3v) is 4.21. The van der Waals surface area contributed by atoms with Gasteiger partial charge in [-0.1, -0.05) is 0 Å². The zero-order valence-electron chi connectivity index (χ0n) is 12.0. The first-order valence-electron chi connectivity index (χ1n) is 7.22. The number of nitrogens with zero attached hydrogens (tertiary/aromatic N) is 1. The number of piperidine rings is 1. The number of ether oxygens (including phenoxy) is 1. The first kappa shape index (κ1) is 14.8. The molecule has 0 saturated carbocycles. The highest BCUT2D eigenvalue weighted by Crippen LogP contribution is 2.33. The average molecular weight is 270 g/mol. The van der Waals surface area contributed by atoms with Crippen molar-refractivity contribution in [3.05, 3.63) is 0 Å². The van der Waals surface area contributed by atoms with Crippen LogP contribution in [0.3, 0.4) is 0 Å². The van der Waals surface area contributed by atoms with E-state index in [9.17, 15) is 9.90 Å². The van der Waals surface area contributed by atoms with Crippen LogP contribution >= 0.6 is 0 Å². The molecule has 2 atom stereocenters. The summed E-state index contributed by atoms with van der Waals surface area (Å²) in [4.78, 5) is 13.7. The lowest BCUT2D eigenvalue weighted by molar-refractivity contribution is -0.124. The Hall–Kier alpha value is -0.650. The third-order valence-electron chi connectivity index (χ3n) is 4.21. The van der Waals surface area contributed by atoms with Gasteiger partial charge in [-0.15, -0.1) is 0 Å². The van der Waals surface area contributed by atoms with Crippen molar-refractivity contribution >= 4 is 5.91 Å². The largest absolute Gasteiger partial charge is 0.389 e. The number of hydrogen-bond donors (Lipinski definition) is 2. The molecule has 0 aliphatic carbocycles. The van der Waals surface area contributed by atoms with E-state index in [0.29, 0.717) is 19.1 Å². The maximum absolute atomic E-state index is 11.4. The summed E-state index contributed by atoms with van der Waals surface area (Å²) in [6.07, 6.45) is 2.82. The van der Waals surface area contributed by atoms with E-state index in [4.69, 9.17) is 10.5 Å². The molecule has 0 spiro atoms. The van der Waals surface area contributed by atoms with Crippen LogP contribution in [0, 0.1) is 11.8 Å². The summed E-state index contributed by atoms with van der Waals surface area (Å²) in [5.41, 5.74) is 4.80. The number of amides is 1. The van der Waals surface area contributed by atoms with Crippen molar-refractivity contribution in [3.63, 3.8) is 0 Å². The quantitative estimate of drug-likeness (QED) is 0.773. The minimum absolute atomic E-state index is 0.0155. The van der Waals surface area contributed by atoms with Crippen LogP contribution in [0.4, 0.5) is 0 Å². The number of rotatable bonds is 4. The highest BCUT2D eigenvalue weighted by atomic mass is 16.5. The first-order valence-corrected chi connectivity index (χ1v) is 7.22. The maximum Gasteiger partial charge on any atom is 0.223 e. The summed E-state index contributed by atoms with van der Waals surface area (Å²) in [6.45, 7) is 6.94. The monoisotopic (exact) mass is 270 g/mol. The van der Waals surface area contributed by atoms with Gasteiger partial charge in [-0.2, -0.15) is 0 Å². The van der Waals surface area contributed by atoms with Gasteiger partial charge in [0.2, 0.25) is 5.91 Å². The fraction of sp³-hybridized carbons (Fsp3) is 0.929. The average Bonchev–Trinajstić information content (AvgIpc) is 2.76. The smallest absolute Gasteiger partial charge is 0.223 e. The third kappa shape index (κ3) is 3.91. The van der Waals surface area contributed by atoms with Crippen molar-refractivity contribution in [3.8, 4) is 0 Å². The number of carbonyl (C=O) groups excluding carboxylic acids is 1. The Balaban J connectivity index is 1.84. The molecule has 0 aromatic heterocycles. The van der Waals surface area contributed by atoms with Crippen LogP contribution in [0.2, 0.25) is 0 Å². The number of hydrogen-bond acceptors (Lipinski definition) is 4. The Bertz CT molecular complexity index is 319. The molecule has 0 aromatic carbocycles. The molecule has 0 radical (unpaired) electrons. The van der Waals surface area contributed by atoms with E-state index in [0.717, 1.165) is 32.4 Å².